The number of hydrogen-bond donors (Lipinski definition) is 1. The van der Waals surface area contributed by atoms with E-state index < -0.39 is 0 Å². The molecule has 0 saturated carbocycles. The molecule has 1 fully saturated rings. The van der Waals surface area contributed by atoms with Crippen molar-refractivity contribution in [1.29, 1.82) is 0 Å². The van der Waals surface area contributed by atoms with Crippen molar-refractivity contribution in [2.75, 3.05) is 38.5 Å². The minimum atomic E-state index is -0.0915. The fourth-order valence-electron chi connectivity index (χ4n) is 3.88. The zero-order valence-electron chi connectivity index (χ0n) is 17.4. The number of aryl methyl sites for hydroxylation is 2. The number of carbonyl (C=O) groups is 1. The molecule has 0 bridgehead atoms. The highest BCUT2D eigenvalue weighted by Crippen LogP contribution is 2.24. The van der Waals surface area contributed by atoms with Crippen molar-refractivity contribution in [3.63, 3.8) is 0 Å². The van der Waals surface area contributed by atoms with Gasteiger partial charge in [-0.2, -0.15) is 0 Å². The van der Waals surface area contributed by atoms with Gasteiger partial charge in [-0.3, -0.25) is 9.69 Å². The zero-order valence-corrected chi connectivity index (χ0v) is 17.4. The molecule has 0 unspecified atom stereocenters. The van der Waals surface area contributed by atoms with Crippen molar-refractivity contribution in [1.82, 2.24) is 15.0 Å². The molecular weight excluding hydrogens is 364 g/mol. The van der Waals surface area contributed by atoms with Crippen molar-refractivity contribution >= 4 is 22.6 Å². The van der Waals surface area contributed by atoms with Gasteiger partial charge in [-0.15, -0.1) is 0 Å². The van der Waals surface area contributed by atoms with Gasteiger partial charge in [-0.1, -0.05) is 23.4 Å². The number of nitrogens with zero attached hydrogens (tertiary/aromatic N) is 3. The number of likely N-dealkylation sites (N-methyl/N-ethyl adjacent to an activating group) is 1. The second kappa shape index (κ2) is 8.35. The first-order valence-electron chi connectivity index (χ1n) is 10.1. The standard InChI is InChI=1S/C23H28N4O2/c1-16-12-17(2)23-20(13-16)21(25-29-23)14-22(28)24-19-6-4-18(5-7-19)15-27-10-8-26(3)9-11-27/h4-7,12-13H,8-11,14-15H2,1-3H3,(H,24,28). The highest BCUT2D eigenvalue weighted by atomic mass is 16.5. The smallest absolute Gasteiger partial charge is 0.230 e. The molecule has 1 aliphatic heterocycles. The normalized spacial score (nSPS) is 15.7. The van der Waals surface area contributed by atoms with E-state index in [1.807, 2.05) is 32.0 Å². The summed E-state index contributed by atoms with van der Waals surface area (Å²) in [6, 6.07) is 12.2. The van der Waals surface area contributed by atoms with Crippen LogP contribution < -0.4 is 5.32 Å². The lowest BCUT2D eigenvalue weighted by atomic mass is 10.1. The van der Waals surface area contributed by atoms with Crippen molar-refractivity contribution in [3.05, 3.63) is 58.8 Å². The number of fused-ring (bicyclic) bond motifs is 1. The topological polar surface area (TPSA) is 61.6 Å². The average molecular weight is 393 g/mol. The Kier molecular flexibility index (Phi) is 5.65. The first kappa shape index (κ1) is 19.6. The number of amides is 1. The van der Waals surface area contributed by atoms with Gasteiger partial charge in [0.15, 0.2) is 5.58 Å². The van der Waals surface area contributed by atoms with E-state index in [1.54, 1.807) is 0 Å². The minimum absolute atomic E-state index is 0.0915. The zero-order chi connectivity index (χ0) is 20.4. The summed E-state index contributed by atoms with van der Waals surface area (Å²) in [5, 5.41) is 8.01. The molecule has 1 saturated heterocycles. The fraction of sp³-hybridized carbons (Fsp3) is 0.391. The van der Waals surface area contributed by atoms with E-state index in [2.05, 4.69) is 45.5 Å². The molecule has 4 rings (SSSR count). The Morgan fingerprint density at radius 2 is 1.83 bits per heavy atom. The largest absolute Gasteiger partial charge is 0.356 e. The third-order valence-corrected chi connectivity index (χ3v) is 5.54. The first-order chi connectivity index (χ1) is 14.0. The maximum Gasteiger partial charge on any atom is 0.230 e. The maximum atomic E-state index is 12.5. The van der Waals surface area contributed by atoms with Crippen LogP contribution in [0.25, 0.3) is 11.0 Å². The number of carbonyl (C=O) groups excluding carboxylic acids is 1. The summed E-state index contributed by atoms with van der Waals surface area (Å²) in [4.78, 5) is 17.3. The van der Waals surface area contributed by atoms with E-state index in [0.29, 0.717) is 5.69 Å². The molecule has 2 heterocycles. The highest BCUT2D eigenvalue weighted by Gasteiger charge is 2.16. The molecule has 1 aliphatic rings. The molecule has 0 atom stereocenters. The Morgan fingerprint density at radius 1 is 1.10 bits per heavy atom. The van der Waals surface area contributed by atoms with Gasteiger partial charge in [0.25, 0.3) is 0 Å². The number of aromatic nitrogens is 1. The van der Waals surface area contributed by atoms with Crippen molar-refractivity contribution in [3.8, 4) is 0 Å². The number of hydrogen-bond acceptors (Lipinski definition) is 5. The lowest BCUT2D eigenvalue weighted by Crippen LogP contribution is -2.43. The van der Waals surface area contributed by atoms with Crippen LogP contribution in [0.4, 0.5) is 5.69 Å². The van der Waals surface area contributed by atoms with Crippen LogP contribution in [-0.2, 0) is 17.8 Å². The third kappa shape index (κ3) is 4.66. The van der Waals surface area contributed by atoms with Gasteiger partial charge in [0.05, 0.1) is 6.42 Å². The van der Waals surface area contributed by atoms with Gasteiger partial charge in [0, 0.05) is 43.8 Å². The Labute approximate surface area is 171 Å². The summed E-state index contributed by atoms with van der Waals surface area (Å²) in [7, 11) is 2.17. The Balaban J connectivity index is 1.36. The van der Waals surface area contributed by atoms with Gasteiger partial charge in [0.2, 0.25) is 5.91 Å². The quantitative estimate of drug-likeness (QED) is 0.721. The summed E-state index contributed by atoms with van der Waals surface area (Å²) in [6.07, 6.45) is 0.193. The first-order valence-corrected chi connectivity index (χ1v) is 10.1. The summed E-state index contributed by atoms with van der Waals surface area (Å²) < 4.78 is 5.44. The van der Waals surface area contributed by atoms with Crippen LogP contribution in [0.5, 0.6) is 0 Å². The molecule has 1 aromatic heterocycles. The van der Waals surface area contributed by atoms with Crippen molar-refractivity contribution in [2.45, 2.75) is 26.8 Å². The van der Waals surface area contributed by atoms with Gasteiger partial charge < -0.3 is 14.7 Å². The van der Waals surface area contributed by atoms with E-state index in [9.17, 15) is 4.79 Å². The predicted molar refractivity (Wildman–Crippen MR) is 115 cm³/mol. The number of benzene rings is 2. The van der Waals surface area contributed by atoms with Crippen LogP contribution in [0.15, 0.2) is 40.9 Å². The van der Waals surface area contributed by atoms with E-state index >= 15 is 0 Å². The summed E-state index contributed by atoms with van der Waals surface area (Å²) >= 11 is 0. The fourth-order valence-corrected chi connectivity index (χ4v) is 3.88. The molecule has 152 valence electrons. The molecular formula is C23H28N4O2. The minimum Gasteiger partial charge on any atom is -0.356 e. The average Bonchev–Trinajstić information content (AvgIpc) is 3.08. The second-order valence-electron chi connectivity index (χ2n) is 8.09. The molecule has 1 N–H and O–H groups in total. The molecule has 6 heteroatoms. The SMILES string of the molecule is Cc1cc(C)c2onc(CC(=O)Nc3ccc(CN4CCN(C)CC4)cc3)c2c1. The molecule has 3 aromatic rings. The Bertz CT molecular complexity index is 1000. The van der Waals surface area contributed by atoms with E-state index in [4.69, 9.17) is 4.52 Å². The number of nitrogens with one attached hydrogen (secondary N) is 1. The van der Waals surface area contributed by atoms with Crippen LogP contribution in [-0.4, -0.2) is 54.1 Å². The van der Waals surface area contributed by atoms with E-state index in [1.165, 1.54) is 5.56 Å². The van der Waals surface area contributed by atoms with Crippen molar-refractivity contribution in [2.24, 2.45) is 0 Å². The number of piperazine rings is 1. The summed E-state index contributed by atoms with van der Waals surface area (Å²) in [6.45, 7) is 9.40. The van der Waals surface area contributed by atoms with Gasteiger partial charge in [0.1, 0.15) is 5.69 Å². The molecule has 1 amide bonds. The summed E-state index contributed by atoms with van der Waals surface area (Å²) in [5.41, 5.74) is 5.67. The van der Waals surface area contributed by atoms with Crippen LogP contribution in [0, 0.1) is 13.8 Å². The van der Waals surface area contributed by atoms with E-state index in [0.717, 1.165) is 60.5 Å². The molecule has 29 heavy (non-hydrogen) atoms. The van der Waals surface area contributed by atoms with Crippen LogP contribution in [0.1, 0.15) is 22.4 Å². The van der Waals surface area contributed by atoms with Crippen LogP contribution in [0.3, 0.4) is 0 Å². The predicted octanol–water partition coefficient (Wildman–Crippen LogP) is 3.37. The molecule has 0 spiro atoms. The van der Waals surface area contributed by atoms with Gasteiger partial charge >= 0.3 is 0 Å². The summed E-state index contributed by atoms with van der Waals surface area (Å²) in [5.74, 6) is -0.0915. The maximum absolute atomic E-state index is 12.5. The molecule has 6 nitrogen and oxygen atoms in total. The van der Waals surface area contributed by atoms with E-state index in [-0.39, 0.29) is 12.3 Å². The lowest BCUT2D eigenvalue weighted by Gasteiger charge is -2.32. The molecule has 0 radical (unpaired) electrons. The third-order valence-electron chi connectivity index (χ3n) is 5.54. The second-order valence-corrected chi connectivity index (χ2v) is 8.09. The monoisotopic (exact) mass is 392 g/mol. The van der Waals surface area contributed by atoms with Crippen LogP contribution in [0.2, 0.25) is 0 Å². The molecule has 2 aromatic carbocycles. The Hall–Kier alpha value is -2.70. The number of rotatable bonds is 5. The van der Waals surface area contributed by atoms with Crippen molar-refractivity contribution < 1.29 is 9.32 Å². The van der Waals surface area contributed by atoms with Gasteiger partial charge in [-0.25, -0.2) is 0 Å². The van der Waals surface area contributed by atoms with Gasteiger partial charge in [-0.05, 0) is 55.8 Å². The molecule has 0 aliphatic carbocycles. The van der Waals surface area contributed by atoms with Crippen LogP contribution >= 0.6 is 0 Å². The Morgan fingerprint density at radius 3 is 2.55 bits per heavy atom. The lowest BCUT2D eigenvalue weighted by molar-refractivity contribution is -0.115. The number of anilines is 1. The highest BCUT2D eigenvalue weighted by molar-refractivity contribution is 5.95.